The van der Waals surface area contributed by atoms with Crippen molar-refractivity contribution in [2.45, 2.75) is 77.5 Å². The number of rotatable bonds is 1. The summed E-state index contributed by atoms with van der Waals surface area (Å²) in [7, 11) is 0. The Labute approximate surface area is 290 Å². The van der Waals surface area contributed by atoms with Gasteiger partial charge in [0, 0.05) is 53.7 Å². The number of nitrogens with zero attached hydrogens (tertiary/aromatic N) is 1. The molecule has 48 heavy (non-hydrogen) atoms. The van der Waals surface area contributed by atoms with Crippen LogP contribution in [0, 0.1) is 23.7 Å². The van der Waals surface area contributed by atoms with E-state index in [9.17, 15) is 9.90 Å². The number of Topliss-reactive ketones (excluding diaryl/α,β-unsaturated/α-hetero) is 1. The molecule has 2 spiro atoms. The molecule has 4 N–H and O–H groups in total. The van der Waals surface area contributed by atoms with Crippen LogP contribution >= 0.6 is 23.2 Å². The first-order valence-corrected chi connectivity index (χ1v) is 18.1. The van der Waals surface area contributed by atoms with Gasteiger partial charge in [0.25, 0.3) is 0 Å². The van der Waals surface area contributed by atoms with Gasteiger partial charge in [-0.25, -0.2) is 0 Å². The highest BCUT2D eigenvalue weighted by molar-refractivity contribution is 6.52. The highest BCUT2D eigenvalue weighted by Crippen LogP contribution is 2.51. The molecule has 4 aromatic rings. The maximum absolute atomic E-state index is 14.5. The Balaban J connectivity index is 1.27. The van der Waals surface area contributed by atoms with E-state index in [0.29, 0.717) is 55.6 Å². The van der Waals surface area contributed by atoms with Crippen molar-refractivity contribution in [1.82, 2.24) is 0 Å². The zero-order valence-corrected chi connectivity index (χ0v) is 29.2. The number of halogens is 2. The molecule has 4 atom stereocenters. The molecule has 4 aromatic carbocycles. The van der Waals surface area contributed by atoms with Crippen LogP contribution in [0.4, 0.5) is 17.1 Å². The topological polar surface area (TPSA) is 85.8 Å². The third-order valence-corrected chi connectivity index (χ3v) is 12.2. The first-order valence-electron chi connectivity index (χ1n) is 17.4. The minimum atomic E-state index is -0.478. The predicted molar refractivity (Wildman–Crippen MR) is 197 cm³/mol. The first-order chi connectivity index (χ1) is 22.9. The standard InChI is InChI=1S/C40H40Cl2N4O2/c1-19-13-20(2)16-39(15-19)43-29-11-9-27(41)23-5-7-25(35(45-39)31(23)29)33-37(47)34(38(33)48)26-8-6-24-28(42)10-12-30-32(24)36(26)46-40(44-30)17-21(3)14-22(4)18-40/h5-12,19-22,43-45,47H,13-18H2,1-4H3. The molecule has 0 saturated heterocycles. The van der Waals surface area contributed by atoms with Crippen molar-refractivity contribution >= 4 is 78.7 Å². The first kappa shape index (κ1) is 30.3. The second-order valence-electron chi connectivity index (χ2n) is 15.7. The minimum absolute atomic E-state index is 0.00582. The Morgan fingerprint density at radius 2 is 1.29 bits per heavy atom. The van der Waals surface area contributed by atoms with E-state index in [1.165, 1.54) is 6.42 Å². The summed E-state index contributed by atoms with van der Waals surface area (Å²) in [5, 5.41) is 29.8. The molecule has 0 bridgehead atoms. The van der Waals surface area contributed by atoms with Crippen LogP contribution in [0.15, 0.2) is 59.3 Å². The van der Waals surface area contributed by atoms with Crippen molar-refractivity contribution in [3.05, 3.63) is 80.5 Å². The van der Waals surface area contributed by atoms with Gasteiger partial charge in [0.1, 0.15) is 17.1 Å². The van der Waals surface area contributed by atoms with Crippen LogP contribution in [0.2, 0.25) is 10.0 Å². The lowest BCUT2D eigenvalue weighted by atomic mass is 9.74. The summed E-state index contributed by atoms with van der Waals surface area (Å²) in [4.78, 5) is 19.9. The van der Waals surface area contributed by atoms with Crippen LogP contribution in [0.25, 0.3) is 32.7 Å². The summed E-state index contributed by atoms with van der Waals surface area (Å²) in [6.45, 7) is 9.18. The van der Waals surface area contributed by atoms with Crippen molar-refractivity contribution < 1.29 is 9.90 Å². The van der Waals surface area contributed by atoms with Gasteiger partial charge in [-0.15, -0.1) is 0 Å². The van der Waals surface area contributed by atoms with E-state index in [4.69, 9.17) is 28.2 Å². The van der Waals surface area contributed by atoms with Crippen LogP contribution in [0.5, 0.6) is 0 Å². The van der Waals surface area contributed by atoms with Gasteiger partial charge in [-0.05, 0) is 86.5 Å². The number of hydrogen-bond acceptors (Lipinski definition) is 6. The zero-order valence-electron chi connectivity index (χ0n) is 27.7. The van der Waals surface area contributed by atoms with Crippen molar-refractivity contribution in [2.24, 2.45) is 28.7 Å². The normalized spacial score (nSPS) is 31.8. The SMILES string of the molecule is CC1CC(C)CC2(C1)N=c1c(=C3C(=O)C(c4ccc5c(Cl)ccc6c5c4NC4(CC(C)CC(C)C4)N6)=C3O)ccc3c(Cl)ccc(c13)N2. The fourth-order valence-electron chi connectivity index (χ4n) is 10.2. The molecule has 2 fully saturated rings. The molecule has 0 amide bonds. The molecule has 9 rings (SSSR count). The number of carbonyl (C=O) groups excluding carboxylic acids is 1. The number of aliphatic hydroxyl groups excluding tert-OH is 1. The summed E-state index contributed by atoms with van der Waals surface area (Å²) >= 11 is 13.4. The molecule has 0 radical (unpaired) electrons. The van der Waals surface area contributed by atoms with Crippen molar-refractivity contribution in [2.75, 3.05) is 16.0 Å². The van der Waals surface area contributed by atoms with Gasteiger partial charge in [-0.3, -0.25) is 9.79 Å². The fourth-order valence-corrected chi connectivity index (χ4v) is 10.6. The summed E-state index contributed by atoms with van der Waals surface area (Å²) in [5.74, 6) is 1.89. The van der Waals surface area contributed by atoms with Gasteiger partial charge in [-0.2, -0.15) is 0 Å². The summed E-state index contributed by atoms with van der Waals surface area (Å²) in [6, 6.07) is 15.7. The van der Waals surface area contributed by atoms with Gasteiger partial charge >= 0.3 is 0 Å². The molecule has 5 aliphatic rings. The van der Waals surface area contributed by atoms with Gasteiger partial charge < -0.3 is 21.1 Å². The predicted octanol–water partition coefficient (Wildman–Crippen LogP) is 9.19. The molecule has 8 heteroatoms. The van der Waals surface area contributed by atoms with E-state index in [1.54, 1.807) is 0 Å². The van der Waals surface area contributed by atoms with Crippen LogP contribution in [-0.2, 0) is 4.79 Å². The largest absolute Gasteiger partial charge is 0.506 e. The highest BCUT2D eigenvalue weighted by atomic mass is 35.5. The number of benzene rings is 4. The molecule has 3 aliphatic carbocycles. The quantitative estimate of drug-likeness (QED) is 0.161. The van der Waals surface area contributed by atoms with Gasteiger partial charge in [0.2, 0.25) is 5.78 Å². The van der Waals surface area contributed by atoms with E-state index in [-0.39, 0.29) is 17.2 Å². The van der Waals surface area contributed by atoms with E-state index < -0.39 is 5.66 Å². The monoisotopic (exact) mass is 678 g/mol. The lowest BCUT2D eigenvalue weighted by Crippen LogP contribution is -2.53. The van der Waals surface area contributed by atoms with Crippen molar-refractivity contribution in [3.8, 4) is 0 Å². The van der Waals surface area contributed by atoms with Crippen LogP contribution in [0.3, 0.4) is 0 Å². The lowest BCUT2D eigenvalue weighted by molar-refractivity contribution is -0.109. The van der Waals surface area contributed by atoms with Crippen molar-refractivity contribution in [1.29, 1.82) is 0 Å². The van der Waals surface area contributed by atoms with Gasteiger partial charge in [0.05, 0.1) is 22.2 Å². The molecular formula is C40H40Cl2N4O2. The third kappa shape index (κ3) is 4.37. The Hall–Kier alpha value is -3.74. The molecule has 2 saturated carbocycles. The molecule has 246 valence electrons. The van der Waals surface area contributed by atoms with E-state index >= 15 is 0 Å². The molecule has 4 unspecified atom stereocenters. The molecule has 2 heterocycles. The second-order valence-corrected chi connectivity index (χ2v) is 16.5. The Kier molecular flexibility index (Phi) is 6.56. The Bertz CT molecular complexity index is 2260. The summed E-state index contributed by atoms with van der Waals surface area (Å²) in [6.07, 6.45) is 6.04. The smallest absolute Gasteiger partial charge is 0.201 e. The maximum atomic E-state index is 14.5. The number of nitrogens with one attached hydrogen (secondary N) is 3. The molecule has 2 aliphatic heterocycles. The van der Waals surface area contributed by atoms with Crippen LogP contribution < -0.4 is 26.5 Å². The average molecular weight is 680 g/mol. The number of ketones is 1. The number of aliphatic hydroxyl groups is 1. The number of allylic oxidation sites excluding steroid dienone is 2. The molecular weight excluding hydrogens is 639 g/mol. The van der Waals surface area contributed by atoms with Crippen LogP contribution in [0.1, 0.15) is 71.8 Å². The van der Waals surface area contributed by atoms with E-state index in [0.717, 1.165) is 76.1 Å². The second kappa shape index (κ2) is 10.4. The third-order valence-electron chi connectivity index (χ3n) is 11.5. The number of carbonyl (C=O) groups is 1. The van der Waals surface area contributed by atoms with Crippen molar-refractivity contribution in [3.63, 3.8) is 0 Å². The summed E-state index contributed by atoms with van der Waals surface area (Å²) in [5.41, 5.74) is 3.33. The zero-order chi connectivity index (χ0) is 33.3. The van der Waals surface area contributed by atoms with E-state index in [2.05, 4.69) is 43.6 Å². The lowest BCUT2D eigenvalue weighted by Gasteiger charge is -2.48. The average Bonchev–Trinajstić information content (AvgIpc) is 3.01. The molecule has 0 aromatic heterocycles. The number of hydrogen-bond donors (Lipinski definition) is 4. The van der Waals surface area contributed by atoms with Gasteiger partial charge in [-0.1, -0.05) is 75.2 Å². The van der Waals surface area contributed by atoms with E-state index in [1.807, 2.05) is 48.5 Å². The summed E-state index contributed by atoms with van der Waals surface area (Å²) < 4.78 is 0. The Morgan fingerprint density at radius 3 is 1.94 bits per heavy atom. The maximum Gasteiger partial charge on any atom is 0.201 e. The highest BCUT2D eigenvalue weighted by Gasteiger charge is 2.45. The van der Waals surface area contributed by atoms with Crippen LogP contribution in [-0.4, -0.2) is 22.2 Å². The molecule has 6 nitrogen and oxygen atoms in total. The van der Waals surface area contributed by atoms with Gasteiger partial charge in [0.15, 0.2) is 0 Å². The Morgan fingerprint density at radius 1 is 0.708 bits per heavy atom. The number of anilines is 3. The minimum Gasteiger partial charge on any atom is -0.506 e. The fraction of sp³-hybridized carbons (Fsp3) is 0.400.